The SMILES string of the molecule is CC(C)C(C)NC(=O)CCC(=O)Nc1cc(C(C)(C)C)nn1-c1ccc(Cl)c(Cl)c1. The van der Waals surface area contributed by atoms with Crippen LogP contribution in [0.3, 0.4) is 0 Å². The largest absolute Gasteiger partial charge is 0.353 e. The average Bonchev–Trinajstić information content (AvgIpc) is 3.06. The monoisotopic (exact) mass is 452 g/mol. The molecule has 0 aliphatic rings. The van der Waals surface area contributed by atoms with Crippen molar-refractivity contribution >= 4 is 40.8 Å². The molecule has 0 bridgehead atoms. The van der Waals surface area contributed by atoms with Crippen molar-refractivity contribution in [2.75, 3.05) is 5.32 Å². The first-order valence-electron chi connectivity index (χ1n) is 10.0. The van der Waals surface area contributed by atoms with Gasteiger partial charge >= 0.3 is 0 Å². The van der Waals surface area contributed by atoms with Crippen LogP contribution in [0.25, 0.3) is 5.69 Å². The van der Waals surface area contributed by atoms with E-state index in [4.69, 9.17) is 23.2 Å². The zero-order valence-corrected chi connectivity index (χ0v) is 19.9. The number of carbonyl (C=O) groups is 2. The molecule has 0 fully saturated rings. The summed E-state index contributed by atoms with van der Waals surface area (Å²) in [5, 5.41) is 11.3. The van der Waals surface area contributed by atoms with E-state index in [0.717, 1.165) is 5.69 Å². The zero-order chi connectivity index (χ0) is 22.6. The minimum Gasteiger partial charge on any atom is -0.353 e. The van der Waals surface area contributed by atoms with Crippen LogP contribution in [0.15, 0.2) is 24.3 Å². The van der Waals surface area contributed by atoms with Gasteiger partial charge in [-0.25, -0.2) is 4.68 Å². The van der Waals surface area contributed by atoms with Crippen LogP contribution in [-0.4, -0.2) is 27.6 Å². The van der Waals surface area contributed by atoms with Gasteiger partial charge in [0.05, 0.1) is 21.4 Å². The van der Waals surface area contributed by atoms with Gasteiger partial charge in [-0.3, -0.25) is 9.59 Å². The molecule has 2 aromatic rings. The number of anilines is 1. The van der Waals surface area contributed by atoms with Crippen LogP contribution in [0.2, 0.25) is 10.0 Å². The van der Waals surface area contributed by atoms with Crippen molar-refractivity contribution in [2.24, 2.45) is 5.92 Å². The molecule has 1 aromatic heterocycles. The van der Waals surface area contributed by atoms with Gasteiger partial charge in [-0.15, -0.1) is 0 Å². The Bertz CT molecular complexity index is 916. The molecule has 164 valence electrons. The van der Waals surface area contributed by atoms with E-state index in [9.17, 15) is 9.59 Å². The minimum atomic E-state index is -0.260. The summed E-state index contributed by atoms with van der Waals surface area (Å²) >= 11 is 12.2. The smallest absolute Gasteiger partial charge is 0.226 e. The highest BCUT2D eigenvalue weighted by Gasteiger charge is 2.22. The van der Waals surface area contributed by atoms with Crippen LogP contribution in [0, 0.1) is 5.92 Å². The summed E-state index contributed by atoms with van der Waals surface area (Å²) < 4.78 is 1.63. The minimum absolute atomic E-state index is 0.0611. The highest BCUT2D eigenvalue weighted by Crippen LogP contribution is 2.29. The van der Waals surface area contributed by atoms with E-state index >= 15 is 0 Å². The summed E-state index contributed by atoms with van der Waals surface area (Å²) in [4.78, 5) is 24.6. The van der Waals surface area contributed by atoms with E-state index in [1.54, 1.807) is 22.9 Å². The second-order valence-corrected chi connectivity index (χ2v) is 9.64. The van der Waals surface area contributed by atoms with Crippen molar-refractivity contribution in [3.63, 3.8) is 0 Å². The number of rotatable bonds is 7. The van der Waals surface area contributed by atoms with E-state index < -0.39 is 0 Å². The van der Waals surface area contributed by atoms with Crippen molar-refractivity contribution in [1.82, 2.24) is 15.1 Å². The second-order valence-electron chi connectivity index (χ2n) is 8.82. The maximum absolute atomic E-state index is 12.5. The summed E-state index contributed by atoms with van der Waals surface area (Å²) in [5.41, 5.74) is 1.28. The standard InChI is InChI=1S/C22H30Cl2N4O2/c1-13(2)14(3)25-20(29)9-10-21(30)26-19-12-18(22(4,5)6)27-28(19)15-7-8-16(23)17(24)11-15/h7-8,11-14H,9-10H2,1-6H3,(H,25,29)(H,26,30). The lowest BCUT2D eigenvalue weighted by atomic mass is 9.92. The number of hydrogen-bond acceptors (Lipinski definition) is 3. The van der Waals surface area contributed by atoms with Crippen molar-refractivity contribution in [2.45, 2.75) is 65.8 Å². The zero-order valence-electron chi connectivity index (χ0n) is 18.3. The molecule has 1 atom stereocenters. The Morgan fingerprint density at radius 3 is 2.23 bits per heavy atom. The lowest BCUT2D eigenvalue weighted by Crippen LogP contribution is -2.36. The maximum atomic E-state index is 12.5. The number of carbonyl (C=O) groups excluding carboxylic acids is 2. The molecular formula is C22H30Cl2N4O2. The fraction of sp³-hybridized carbons (Fsp3) is 0.500. The third-order valence-corrected chi connectivity index (χ3v) is 5.60. The second kappa shape index (κ2) is 9.84. The van der Waals surface area contributed by atoms with Crippen molar-refractivity contribution in [1.29, 1.82) is 0 Å². The number of amides is 2. The normalized spacial score (nSPS) is 12.7. The molecule has 0 aliphatic heterocycles. The fourth-order valence-electron chi connectivity index (χ4n) is 2.58. The van der Waals surface area contributed by atoms with E-state index in [0.29, 0.717) is 27.5 Å². The van der Waals surface area contributed by atoms with Crippen molar-refractivity contribution < 1.29 is 9.59 Å². The molecule has 1 heterocycles. The predicted molar refractivity (Wildman–Crippen MR) is 123 cm³/mol. The Morgan fingerprint density at radius 1 is 1.03 bits per heavy atom. The molecule has 2 rings (SSSR count). The summed E-state index contributed by atoms with van der Waals surface area (Å²) in [6.07, 6.45) is 0.198. The van der Waals surface area contributed by atoms with Crippen LogP contribution in [0.4, 0.5) is 5.82 Å². The van der Waals surface area contributed by atoms with Crippen LogP contribution in [0.1, 0.15) is 60.1 Å². The first-order valence-corrected chi connectivity index (χ1v) is 10.8. The third kappa shape index (κ3) is 6.47. The van der Waals surface area contributed by atoms with E-state index in [1.807, 2.05) is 47.6 Å². The summed E-state index contributed by atoms with van der Waals surface area (Å²) in [7, 11) is 0. The van der Waals surface area contributed by atoms with Gasteiger partial charge in [-0.2, -0.15) is 5.10 Å². The molecule has 0 saturated heterocycles. The van der Waals surface area contributed by atoms with Gasteiger partial charge in [0.25, 0.3) is 0 Å². The first-order chi connectivity index (χ1) is 13.9. The number of benzene rings is 1. The number of nitrogens with one attached hydrogen (secondary N) is 2. The van der Waals surface area contributed by atoms with Gasteiger partial charge < -0.3 is 10.6 Å². The van der Waals surface area contributed by atoms with Crippen molar-refractivity contribution in [3.8, 4) is 5.69 Å². The highest BCUT2D eigenvalue weighted by atomic mass is 35.5. The Hall–Kier alpha value is -2.05. The Labute approximate surface area is 188 Å². The van der Waals surface area contributed by atoms with E-state index in [1.165, 1.54) is 0 Å². The Morgan fingerprint density at radius 2 is 1.67 bits per heavy atom. The topological polar surface area (TPSA) is 76.0 Å². The van der Waals surface area contributed by atoms with E-state index in [-0.39, 0.29) is 36.1 Å². The molecule has 2 amide bonds. The van der Waals surface area contributed by atoms with Crippen LogP contribution in [0.5, 0.6) is 0 Å². The molecule has 8 heteroatoms. The molecule has 6 nitrogen and oxygen atoms in total. The molecule has 1 aromatic carbocycles. The third-order valence-electron chi connectivity index (χ3n) is 4.86. The number of halogens is 2. The first kappa shape index (κ1) is 24.2. The highest BCUT2D eigenvalue weighted by molar-refractivity contribution is 6.42. The summed E-state index contributed by atoms with van der Waals surface area (Å²) in [5.74, 6) is 0.446. The Kier molecular flexibility index (Phi) is 7.94. The van der Waals surface area contributed by atoms with Gasteiger partial charge in [0, 0.05) is 30.4 Å². The van der Waals surface area contributed by atoms with Crippen LogP contribution < -0.4 is 10.6 Å². The van der Waals surface area contributed by atoms with Gasteiger partial charge in [0.1, 0.15) is 5.82 Å². The van der Waals surface area contributed by atoms with Gasteiger partial charge in [-0.05, 0) is 31.0 Å². The molecule has 0 aliphatic carbocycles. The molecule has 0 spiro atoms. The lowest BCUT2D eigenvalue weighted by Gasteiger charge is -2.17. The number of nitrogens with zero attached hydrogens (tertiary/aromatic N) is 2. The van der Waals surface area contributed by atoms with Gasteiger partial charge in [-0.1, -0.05) is 57.8 Å². The molecular weight excluding hydrogens is 423 g/mol. The van der Waals surface area contributed by atoms with Crippen LogP contribution in [-0.2, 0) is 15.0 Å². The van der Waals surface area contributed by atoms with Gasteiger partial charge in [0.2, 0.25) is 11.8 Å². The molecule has 0 radical (unpaired) electrons. The summed E-state index contributed by atoms with van der Waals surface area (Å²) in [6, 6.07) is 7.06. The van der Waals surface area contributed by atoms with Gasteiger partial charge in [0.15, 0.2) is 0 Å². The van der Waals surface area contributed by atoms with Crippen molar-refractivity contribution in [3.05, 3.63) is 40.0 Å². The predicted octanol–water partition coefficient (Wildman–Crippen LogP) is 5.36. The molecule has 0 saturated carbocycles. The fourth-order valence-corrected chi connectivity index (χ4v) is 2.87. The Balaban J connectivity index is 2.17. The summed E-state index contributed by atoms with van der Waals surface area (Å²) in [6.45, 7) is 12.1. The van der Waals surface area contributed by atoms with Crippen LogP contribution >= 0.6 is 23.2 Å². The molecule has 2 N–H and O–H groups in total. The average molecular weight is 453 g/mol. The number of aromatic nitrogens is 2. The van der Waals surface area contributed by atoms with E-state index in [2.05, 4.69) is 15.7 Å². The molecule has 1 unspecified atom stereocenters. The quantitative estimate of drug-likeness (QED) is 0.593. The number of hydrogen-bond donors (Lipinski definition) is 2. The lowest BCUT2D eigenvalue weighted by molar-refractivity contribution is -0.125. The molecule has 30 heavy (non-hydrogen) atoms. The maximum Gasteiger partial charge on any atom is 0.226 e.